The number of aromatic nitrogens is 3. The molecule has 2 aromatic rings. The van der Waals surface area contributed by atoms with Gasteiger partial charge in [0.05, 0.1) is 11.4 Å². The van der Waals surface area contributed by atoms with Crippen LogP contribution in [0.25, 0.3) is 5.69 Å². The normalized spacial score (nSPS) is 21.1. The molecule has 1 aromatic heterocycles. The summed E-state index contributed by atoms with van der Waals surface area (Å²) in [7, 11) is 0. The molecular formula is C17H22N4OS. The molecule has 3 rings (SSSR count). The van der Waals surface area contributed by atoms with E-state index in [4.69, 9.17) is 0 Å². The van der Waals surface area contributed by atoms with Crippen LogP contribution in [0.5, 0.6) is 0 Å². The van der Waals surface area contributed by atoms with Crippen LogP contribution in [-0.4, -0.2) is 32.5 Å². The largest absolute Gasteiger partial charge is 0.352 e. The number of amides is 1. The standard InChI is InChI=1S/C17H22N4OS/c1-13-7-5-6-10-15(13)19-16(22)11-23-17-18-12-21(20-17)14-8-3-2-4-9-14/h2-4,8-9,12-13,15H,5-7,10-11H2,1H3,(H,19,22)/t13-,15-/m1/s1. The fourth-order valence-electron chi connectivity index (χ4n) is 2.93. The van der Waals surface area contributed by atoms with Gasteiger partial charge in [0.25, 0.3) is 0 Å². The summed E-state index contributed by atoms with van der Waals surface area (Å²) < 4.78 is 1.73. The molecule has 0 radical (unpaired) electrons. The molecule has 1 N–H and O–H groups in total. The van der Waals surface area contributed by atoms with Crippen molar-refractivity contribution in [2.24, 2.45) is 5.92 Å². The van der Waals surface area contributed by atoms with Gasteiger partial charge in [-0.2, -0.15) is 0 Å². The molecule has 2 atom stereocenters. The fourth-order valence-corrected chi connectivity index (χ4v) is 3.54. The highest BCUT2D eigenvalue weighted by molar-refractivity contribution is 7.99. The SMILES string of the molecule is C[C@@H]1CCCC[C@H]1NC(=O)CSc1ncn(-c2ccccc2)n1. The molecule has 1 fully saturated rings. The Morgan fingerprint density at radius 3 is 2.87 bits per heavy atom. The number of benzene rings is 1. The summed E-state index contributed by atoms with van der Waals surface area (Å²) in [6.45, 7) is 2.22. The minimum absolute atomic E-state index is 0.0739. The van der Waals surface area contributed by atoms with Crippen molar-refractivity contribution in [2.45, 2.75) is 43.8 Å². The lowest BCUT2D eigenvalue weighted by atomic mass is 9.86. The van der Waals surface area contributed by atoms with E-state index >= 15 is 0 Å². The maximum atomic E-state index is 12.1. The van der Waals surface area contributed by atoms with Crippen LogP contribution >= 0.6 is 11.8 Å². The molecule has 1 aliphatic carbocycles. The second-order valence-corrected chi connectivity index (χ2v) is 6.97. The number of nitrogens with one attached hydrogen (secondary N) is 1. The Balaban J connectivity index is 1.50. The Labute approximate surface area is 140 Å². The molecule has 0 aliphatic heterocycles. The molecule has 1 aromatic carbocycles. The molecule has 1 saturated carbocycles. The lowest BCUT2D eigenvalue weighted by Crippen LogP contribution is -2.41. The minimum atomic E-state index is 0.0739. The van der Waals surface area contributed by atoms with Crippen LogP contribution < -0.4 is 5.32 Å². The monoisotopic (exact) mass is 330 g/mol. The van der Waals surface area contributed by atoms with Gasteiger partial charge in [0, 0.05) is 6.04 Å². The molecule has 0 unspecified atom stereocenters. The number of hydrogen-bond donors (Lipinski definition) is 1. The first-order chi connectivity index (χ1) is 11.2. The smallest absolute Gasteiger partial charge is 0.230 e. The number of carbonyl (C=O) groups is 1. The van der Waals surface area contributed by atoms with E-state index in [1.165, 1.54) is 31.0 Å². The summed E-state index contributed by atoms with van der Waals surface area (Å²) in [4.78, 5) is 16.4. The molecule has 122 valence electrons. The summed E-state index contributed by atoms with van der Waals surface area (Å²) in [6, 6.07) is 10.2. The van der Waals surface area contributed by atoms with Crippen molar-refractivity contribution >= 4 is 17.7 Å². The molecule has 6 heteroatoms. The first-order valence-electron chi connectivity index (χ1n) is 8.11. The molecule has 5 nitrogen and oxygen atoms in total. The summed E-state index contributed by atoms with van der Waals surface area (Å²) >= 11 is 1.38. The number of rotatable bonds is 5. The predicted octanol–water partition coefficient (Wildman–Crippen LogP) is 3.05. The van der Waals surface area contributed by atoms with E-state index in [0.29, 0.717) is 22.9 Å². The van der Waals surface area contributed by atoms with Gasteiger partial charge in [-0.05, 0) is 30.9 Å². The molecule has 1 heterocycles. The van der Waals surface area contributed by atoms with Gasteiger partial charge in [-0.1, -0.05) is 49.7 Å². The molecular weight excluding hydrogens is 308 g/mol. The van der Waals surface area contributed by atoms with E-state index < -0.39 is 0 Å². The fraction of sp³-hybridized carbons (Fsp3) is 0.471. The van der Waals surface area contributed by atoms with Crippen LogP contribution in [0.15, 0.2) is 41.8 Å². The van der Waals surface area contributed by atoms with Crippen molar-refractivity contribution in [2.75, 3.05) is 5.75 Å². The first-order valence-corrected chi connectivity index (χ1v) is 9.10. The van der Waals surface area contributed by atoms with Crippen molar-refractivity contribution < 1.29 is 4.79 Å². The van der Waals surface area contributed by atoms with Gasteiger partial charge in [0.15, 0.2) is 0 Å². The number of para-hydroxylation sites is 1. The van der Waals surface area contributed by atoms with Gasteiger partial charge in [-0.3, -0.25) is 4.79 Å². The molecule has 23 heavy (non-hydrogen) atoms. The van der Waals surface area contributed by atoms with E-state index in [0.717, 1.165) is 12.1 Å². The van der Waals surface area contributed by atoms with Gasteiger partial charge in [-0.25, -0.2) is 9.67 Å². The van der Waals surface area contributed by atoms with Gasteiger partial charge in [0.2, 0.25) is 11.1 Å². The van der Waals surface area contributed by atoms with E-state index in [1.54, 1.807) is 11.0 Å². The topological polar surface area (TPSA) is 59.8 Å². The third-order valence-corrected chi connectivity index (χ3v) is 5.13. The van der Waals surface area contributed by atoms with Crippen molar-refractivity contribution in [3.05, 3.63) is 36.7 Å². The van der Waals surface area contributed by atoms with Crippen molar-refractivity contribution in [3.63, 3.8) is 0 Å². The molecule has 0 saturated heterocycles. The Morgan fingerprint density at radius 2 is 2.09 bits per heavy atom. The lowest BCUT2D eigenvalue weighted by molar-refractivity contribution is -0.119. The van der Waals surface area contributed by atoms with E-state index in [2.05, 4.69) is 22.3 Å². The van der Waals surface area contributed by atoms with Gasteiger partial charge in [-0.15, -0.1) is 5.10 Å². The summed E-state index contributed by atoms with van der Waals surface area (Å²) in [5, 5.41) is 8.18. The Hall–Kier alpha value is -1.82. The highest BCUT2D eigenvalue weighted by Gasteiger charge is 2.22. The predicted molar refractivity (Wildman–Crippen MR) is 91.6 cm³/mol. The molecule has 0 bridgehead atoms. The average Bonchev–Trinajstić information content (AvgIpc) is 3.05. The quantitative estimate of drug-likeness (QED) is 0.856. The van der Waals surface area contributed by atoms with Crippen LogP contribution in [-0.2, 0) is 4.79 Å². The molecule has 1 aliphatic rings. The summed E-state index contributed by atoms with van der Waals surface area (Å²) in [5.74, 6) is 1.01. The average molecular weight is 330 g/mol. The van der Waals surface area contributed by atoms with Crippen molar-refractivity contribution in [1.29, 1.82) is 0 Å². The van der Waals surface area contributed by atoms with Gasteiger partial charge < -0.3 is 5.32 Å². The molecule has 0 spiro atoms. The van der Waals surface area contributed by atoms with Crippen LogP contribution in [0.1, 0.15) is 32.6 Å². The van der Waals surface area contributed by atoms with Gasteiger partial charge in [0.1, 0.15) is 6.33 Å². The Morgan fingerprint density at radius 1 is 1.30 bits per heavy atom. The van der Waals surface area contributed by atoms with Crippen LogP contribution in [0.2, 0.25) is 0 Å². The third-order valence-electron chi connectivity index (χ3n) is 4.28. The maximum absolute atomic E-state index is 12.1. The van der Waals surface area contributed by atoms with Crippen LogP contribution in [0.4, 0.5) is 0 Å². The molecule has 1 amide bonds. The lowest BCUT2D eigenvalue weighted by Gasteiger charge is -2.29. The van der Waals surface area contributed by atoms with E-state index in [1.807, 2.05) is 30.3 Å². The van der Waals surface area contributed by atoms with Crippen molar-refractivity contribution in [3.8, 4) is 5.69 Å². The zero-order chi connectivity index (χ0) is 16.1. The second kappa shape index (κ2) is 7.64. The first kappa shape index (κ1) is 16.1. The zero-order valence-corrected chi connectivity index (χ0v) is 14.1. The number of nitrogens with zero attached hydrogens (tertiary/aromatic N) is 3. The van der Waals surface area contributed by atoms with Crippen LogP contribution in [0, 0.1) is 5.92 Å². The number of carbonyl (C=O) groups excluding carboxylic acids is 1. The Kier molecular flexibility index (Phi) is 5.33. The highest BCUT2D eigenvalue weighted by atomic mass is 32.2. The zero-order valence-electron chi connectivity index (χ0n) is 13.3. The summed E-state index contributed by atoms with van der Waals surface area (Å²) in [5.41, 5.74) is 0.965. The number of thioether (sulfide) groups is 1. The third kappa shape index (κ3) is 4.34. The van der Waals surface area contributed by atoms with Crippen LogP contribution in [0.3, 0.4) is 0 Å². The number of hydrogen-bond acceptors (Lipinski definition) is 4. The van der Waals surface area contributed by atoms with E-state index in [-0.39, 0.29) is 5.91 Å². The van der Waals surface area contributed by atoms with Crippen molar-refractivity contribution in [1.82, 2.24) is 20.1 Å². The van der Waals surface area contributed by atoms with Gasteiger partial charge >= 0.3 is 0 Å². The van der Waals surface area contributed by atoms with E-state index in [9.17, 15) is 4.79 Å². The summed E-state index contributed by atoms with van der Waals surface area (Å²) in [6.07, 6.45) is 6.48. The minimum Gasteiger partial charge on any atom is -0.352 e. The Bertz CT molecular complexity index is 643. The highest BCUT2D eigenvalue weighted by Crippen LogP contribution is 2.24. The second-order valence-electron chi connectivity index (χ2n) is 6.03. The maximum Gasteiger partial charge on any atom is 0.230 e.